The molecule has 7 nitrogen and oxygen atoms in total. The number of piperidine rings is 1. The Balaban J connectivity index is 0.00000361. The van der Waals surface area contributed by atoms with E-state index >= 15 is 0 Å². The van der Waals surface area contributed by atoms with Gasteiger partial charge in [0.2, 0.25) is 0 Å². The van der Waals surface area contributed by atoms with Crippen molar-refractivity contribution in [1.82, 2.24) is 19.8 Å². The van der Waals surface area contributed by atoms with Gasteiger partial charge in [0.1, 0.15) is 11.4 Å². The maximum Gasteiger partial charge on any atom is 0.456 e. The number of nitrogens with zero attached hydrogens (tertiary/aromatic N) is 3. The van der Waals surface area contributed by atoms with Gasteiger partial charge < -0.3 is 19.5 Å². The van der Waals surface area contributed by atoms with Gasteiger partial charge in [-0.05, 0) is 56.4 Å². The van der Waals surface area contributed by atoms with Crippen LogP contribution in [0.25, 0.3) is 0 Å². The van der Waals surface area contributed by atoms with Crippen molar-refractivity contribution in [2.75, 3.05) is 26.2 Å². The van der Waals surface area contributed by atoms with Crippen molar-refractivity contribution < 1.29 is 28.9 Å². The molecule has 0 saturated carbocycles. The van der Waals surface area contributed by atoms with E-state index in [1.165, 1.54) is 10.6 Å². The molecule has 0 aliphatic carbocycles. The maximum atomic E-state index is 13.1. The van der Waals surface area contributed by atoms with Crippen molar-refractivity contribution in [3.63, 3.8) is 0 Å². The van der Waals surface area contributed by atoms with E-state index in [0.29, 0.717) is 62.1 Å². The smallest absolute Gasteiger partial charge is 0.456 e. The van der Waals surface area contributed by atoms with Gasteiger partial charge >= 0.3 is 6.18 Å². The molecule has 1 atom stereocenters. The van der Waals surface area contributed by atoms with Crippen LogP contribution in [-0.4, -0.2) is 58.6 Å². The molecule has 1 saturated heterocycles. The highest BCUT2D eigenvalue weighted by molar-refractivity contribution is 5.99. The topological polar surface area (TPSA) is 76.5 Å². The minimum absolute atomic E-state index is 0. The average Bonchev–Trinajstić information content (AvgIpc) is 3.28. The van der Waals surface area contributed by atoms with E-state index < -0.39 is 17.5 Å². The van der Waals surface area contributed by atoms with E-state index in [9.17, 15) is 22.8 Å². The largest absolute Gasteiger partial charge is 0.492 e. The molecular weight excluding hydrogens is 461 g/mol. The summed E-state index contributed by atoms with van der Waals surface area (Å²) < 4.78 is 46.6. The number of hydrogen-bond donors (Lipinski definition) is 1. The predicted octanol–water partition coefficient (Wildman–Crippen LogP) is 4.59. The molecule has 4 heterocycles. The molecule has 35 heavy (non-hydrogen) atoms. The zero-order valence-corrected chi connectivity index (χ0v) is 20.2. The van der Waals surface area contributed by atoms with Crippen LogP contribution in [-0.2, 0) is 5.54 Å². The number of ether oxygens (including phenoxy) is 1. The molecule has 2 aliphatic rings. The maximum absolute atomic E-state index is 13.1. The summed E-state index contributed by atoms with van der Waals surface area (Å²) in [6.07, 6.45) is -1.41. The molecule has 2 aromatic rings. The minimum Gasteiger partial charge on any atom is -0.492 e. The number of carbonyl (C=O) groups excluding carboxylic acids is 2. The third-order valence-electron chi connectivity index (χ3n) is 6.90. The Morgan fingerprint density at radius 2 is 1.94 bits per heavy atom. The molecule has 1 N–H and O–H groups in total. The van der Waals surface area contributed by atoms with Crippen LogP contribution in [0.3, 0.4) is 0 Å². The summed E-state index contributed by atoms with van der Waals surface area (Å²) >= 11 is 0. The lowest BCUT2D eigenvalue weighted by atomic mass is 9.82. The van der Waals surface area contributed by atoms with Gasteiger partial charge in [-0.2, -0.15) is 13.2 Å². The fourth-order valence-corrected chi connectivity index (χ4v) is 4.86. The zero-order chi connectivity index (χ0) is 25.4. The number of rotatable bonds is 6. The molecule has 1 spiro atoms. The number of pyridine rings is 1. The van der Waals surface area contributed by atoms with E-state index in [1.807, 2.05) is 0 Å². The number of alkyl halides is 3. The number of nitrogens with one attached hydrogen (secondary N) is 1. The highest BCUT2D eigenvalue weighted by Crippen LogP contribution is 2.40. The van der Waals surface area contributed by atoms with E-state index in [0.717, 1.165) is 6.42 Å². The molecule has 1 fully saturated rings. The molecule has 1 unspecified atom stereocenters. The quantitative estimate of drug-likeness (QED) is 0.595. The van der Waals surface area contributed by atoms with E-state index in [1.54, 1.807) is 36.2 Å². The number of Topliss-reactive ketones (excluding diaryl/α,β-unsaturated/α-hetero) is 1. The first kappa shape index (κ1) is 25.2. The summed E-state index contributed by atoms with van der Waals surface area (Å²) in [6.45, 7) is 7.89. The summed E-state index contributed by atoms with van der Waals surface area (Å²) in [4.78, 5) is 31.0. The van der Waals surface area contributed by atoms with E-state index in [4.69, 9.17) is 4.74 Å². The normalized spacial score (nSPS) is 19.6. The number of hydrogen-bond acceptors (Lipinski definition) is 5. The molecule has 1 amide bonds. The fraction of sp³-hybridized carbons (Fsp3) is 0.560. The lowest BCUT2D eigenvalue weighted by molar-refractivity contribution is -0.0892. The van der Waals surface area contributed by atoms with Crippen molar-refractivity contribution in [2.24, 2.45) is 5.92 Å². The van der Waals surface area contributed by atoms with Crippen LogP contribution in [0, 0.1) is 5.92 Å². The predicted molar refractivity (Wildman–Crippen MR) is 126 cm³/mol. The van der Waals surface area contributed by atoms with Crippen LogP contribution in [0.1, 0.15) is 74.2 Å². The third-order valence-corrected chi connectivity index (χ3v) is 6.90. The van der Waals surface area contributed by atoms with Gasteiger partial charge in [0.05, 0.1) is 24.0 Å². The molecule has 4 rings (SSSR count). The van der Waals surface area contributed by atoms with E-state index in [2.05, 4.69) is 24.1 Å². The SMILES string of the molecule is CC(C)CCOc1ccc(C(=O)N2CCC3(CC2)NCC(C)n2c(C(=O)C(F)(F)F)ccc23)nc1.[HH]. The lowest BCUT2D eigenvalue weighted by Crippen LogP contribution is -2.57. The monoisotopic (exact) mass is 494 g/mol. The van der Waals surface area contributed by atoms with Crippen molar-refractivity contribution in [3.8, 4) is 5.75 Å². The molecule has 0 aromatic carbocycles. The zero-order valence-electron chi connectivity index (χ0n) is 20.2. The Labute approximate surface area is 204 Å². The number of amides is 1. The number of aromatic nitrogens is 2. The van der Waals surface area contributed by atoms with Gasteiger partial charge in [-0.25, -0.2) is 4.98 Å². The number of halogens is 3. The first-order valence-corrected chi connectivity index (χ1v) is 12.0. The molecule has 192 valence electrons. The van der Waals surface area contributed by atoms with Crippen molar-refractivity contribution >= 4 is 11.7 Å². The summed E-state index contributed by atoms with van der Waals surface area (Å²) in [5.74, 6) is -0.873. The van der Waals surface area contributed by atoms with Crippen molar-refractivity contribution in [2.45, 2.75) is 57.8 Å². The Bertz CT molecular complexity index is 1080. The molecule has 10 heteroatoms. The van der Waals surface area contributed by atoms with Crippen LogP contribution in [0.5, 0.6) is 5.75 Å². The van der Waals surface area contributed by atoms with Gasteiger partial charge in [-0.15, -0.1) is 0 Å². The van der Waals surface area contributed by atoms with Crippen LogP contribution < -0.4 is 10.1 Å². The van der Waals surface area contributed by atoms with Crippen molar-refractivity contribution in [3.05, 3.63) is 47.5 Å². The van der Waals surface area contributed by atoms with Crippen LogP contribution in [0.2, 0.25) is 0 Å². The van der Waals surface area contributed by atoms with E-state index in [-0.39, 0.29) is 19.1 Å². The summed E-state index contributed by atoms with van der Waals surface area (Å²) in [5.41, 5.74) is 0.0645. The number of likely N-dealkylation sites (tertiary alicyclic amines) is 1. The van der Waals surface area contributed by atoms with Gasteiger partial charge in [0.25, 0.3) is 11.7 Å². The van der Waals surface area contributed by atoms with Crippen molar-refractivity contribution in [1.29, 1.82) is 0 Å². The summed E-state index contributed by atoms with van der Waals surface area (Å²) in [7, 11) is 0. The highest BCUT2D eigenvalue weighted by Gasteiger charge is 2.47. The Morgan fingerprint density at radius 3 is 2.54 bits per heavy atom. The number of carbonyl (C=O) groups is 2. The first-order chi connectivity index (χ1) is 16.5. The average molecular weight is 495 g/mol. The molecule has 2 aromatic heterocycles. The second kappa shape index (κ2) is 9.64. The lowest BCUT2D eigenvalue weighted by Gasteiger charge is -2.47. The van der Waals surface area contributed by atoms with Gasteiger partial charge in [-0.1, -0.05) is 13.8 Å². The molecule has 2 aliphatic heterocycles. The Kier molecular flexibility index (Phi) is 6.95. The molecule has 0 bridgehead atoms. The first-order valence-electron chi connectivity index (χ1n) is 12.0. The molecular formula is C25H33F3N4O3. The highest BCUT2D eigenvalue weighted by atomic mass is 19.4. The number of fused-ring (bicyclic) bond motifs is 2. The number of ketones is 1. The summed E-state index contributed by atoms with van der Waals surface area (Å²) in [6, 6.07) is 5.97. The third kappa shape index (κ3) is 5.07. The Morgan fingerprint density at radius 1 is 1.23 bits per heavy atom. The standard InChI is InChI=1S/C25H31F3N4O3.H2/c1-16(2)8-13-35-18-4-5-19(29-15-18)23(34)31-11-9-24(10-12-31)21-7-6-20(22(33)25(26,27)28)32(21)17(3)14-30-24;/h4-7,15-17,30H,8-14H2,1-3H3;1H. The van der Waals surface area contributed by atoms with Gasteiger partial charge in [0.15, 0.2) is 0 Å². The summed E-state index contributed by atoms with van der Waals surface area (Å²) in [5, 5.41) is 3.48. The molecule has 0 radical (unpaired) electrons. The minimum atomic E-state index is -4.93. The van der Waals surface area contributed by atoms with Crippen LogP contribution in [0.15, 0.2) is 30.5 Å². The second-order valence-electron chi connectivity index (χ2n) is 9.82. The van der Waals surface area contributed by atoms with Gasteiger partial charge in [0, 0.05) is 32.8 Å². The van der Waals surface area contributed by atoms with Crippen LogP contribution in [0.4, 0.5) is 13.2 Å². The van der Waals surface area contributed by atoms with Gasteiger partial charge in [-0.3, -0.25) is 9.59 Å². The fourth-order valence-electron chi connectivity index (χ4n) is 4.86. The second-order valence-corrected chi connectivity index (χ2v) is 9.82. The Hall–Kier alpha value is -2.88. The van der Waals surface area contributed by atoms with Crippen LogP contribution >= 0.6 is 0 Å².